The average Bonchev–Trinajstić information content (AvgIpc) is 3.35. The average molecular weight is 409 g/mol. The van der Waals surface area contributed by atoms with Crippen LogP contribution in [0.25, 0.3) is 0 Å². The minimum Gasteiger partial charge on any atom is -0.375 e. The highest BCUT2D eigenvalue weighted by atomic mass is 16.5. The molecule has 0 bridgehead atoms. The predicted octanol–water partition coefficient (Wildman–Crippen LogP) is 2.27. The molecular formula is C23H28N4O3. The Balaban J connectivity index is 1.47. The third-order valence-electron chi connectivity index (χ3n) is 5.96. The van der Waals surface area contributed by atoms with Crippen molar-refractivity contribution in [3.05, 3.63) is 53.0 Å². The van der Waals surface area contributed by atoms with Crippen LogP contribution in [0.5, 0.6) is 0 Å². The largest absolute Gasteiger partial charge is 0.375 e. The van der Waals surface area contributed by atoms with Crippen LogP contribution in [0.3, 0.4) is 0 Å². The maximum atomic E-state index is 12.7. The molecule has 3 heterocycles. The summed E-state index contributed by atoms with van der Waals surface area (Å²) < 4.78 is 4.97. The summed E-state index contributed by atoms with van der Waals surface area (Å²) in [6.45, 7) is 3.99. The fourth-order valence-electron chi connectivity index (χ4n) is 4.31. The second-order valence-electron chi connectivity index (χ2n) is 8.04. The standard InChI is InChI=1S/C23H28N4O3/c1-16-19-13-20(28)27(11-6-9-17-7-4-3-5-8-17)23(19)25-22(24-16)18-10-12-26(14-18)21(29)15-30-2/h3-5,7-8,18H,6,9-15H2,1-2H3. The molecule has 2 aliphatic rings. The fourth-order valence-corrected chi connectivity index (χ4v) is 4.31. The van der Waals surface area contributed by atoms with Crippen LogP contribution in [0.2, 0.25) is 0 Å². The Morgan fingerprint density at radius 1 is 1.23 bits per heavy atom. The summed E-state index contributed by atoms with van der Waals surface area (Å²) in [5.74, 6) is 1.68. The molecule has 7 nitrogen and oxygen atoms in total. The lowest BCUT2D eigenvalue weighted by Gasteiger charge is -2.19. The zero-order valence-electron chi connectivity index (χ0n) is 17.6. The van der Waals surface area contributed by atoms with Gasteiger partial charge in [-0.05, 0) is 31.7 Å². The lowest BCUT2D eigenvalue weighted by molar-refractivity contribution is -0.134. The lowest BCUT2D eigenvalue weighted by atomic mass is 10.1. The van der Waals surface area contributed by atoms with Gasteiger partial charge in [-0.15, -0.1) is 0 Å². The minimum atomic E-state index is -0.00408. The third kappa shape index (κ3) is 4.21. The summed E-state index contributed by atoms with van der Waals surface area (Å²) in [7, 11) is 1.53. The number of nitrogens with zero attached hydrogens (tertiary/aromatic N) is 4. The number of ether oxygens (including phenoxy) is 1. The number of likely N-dealkylation sites (tertiary alicyclic amines) is 1. The Morgan fingerprint density at radius 3 is 2.80 bits per heavy atom. The van der Waals surface area contributed by atoms with Gasteiger partial charge in [-0.1, -0.05) is 30.3 Å². The molecule has 7 heteroatoms. The Hall–Kier alpha value is -2.80. The molecule has 1 atom stereocenters. The summed E-state index contributed by atoms with van der Waals surface area (Å²) in [5.41, 5.74) is 3.08. The molecule has 2 amide bonds. The molecule has 2 aromatic rings. The highest BCUT2D eigenvalue weighted by molar-refractivity contribution is 6.00. The SMILES string of the molecule is COCC(=O)N1CCC(c2nc(C)c3c(n2)N(CCCc2ccccc2)C(=O)C3)C1. The van der Waals surface area contributed by atoms with Gasteiger partial charge in [0, 0.05) is 43.9 Å². The number of rotatable bonds is 7. The van der Waals surface area contributed by atoms with E-state index in [2.05, 4.69) is 12.1 Å². The molecule has 0 saturated carbocycles. The number of fused-ring (bicyclic) bond motifs is 1. The second-order valence-corrected chi connectivity index (χ2v) is 8.04. The Morgan fingerprint density at radius 2 is 2.03 bits per heavy atom. The maximum Gasteiger partial charge on any atom is 0.248 e. The van der Waals surface area contributed by atoms with E-state index in [0.29, 0.717) is 26.1 Å². The normalized spacial score (nSPS) is 18.2. The van der Waals surface area contributed by atoms with Gasteiger partial charge in [0.1, 0.15) is 18.2 Å². The Bertz CT molecular complexity index is 932. The van der Waals surface area contributed by atoms with Gasteiger partial charge in [-0.25, -0.2) is 9.97 Å². The number of aromatic nitrogens is 2. The van der Waals surface area contributed by atoms with E-state index in [-0.39, 0.29) is 24.3 Å². The zero-order valence-corrected chi connectivity index (χ0v) is 17.6. The van der Waals surface area contributed by atoms with Gasteiger partial charge >= 0.3 is 0 Å². The summed E-state index contributed by atoms with van der Waals surface area (Å²) >= 11 is 0. The third-order valence-corrected chi connectivity index (χ3v) is 5.96. The first-order valence-electron chi connectivity index (χ1n) is 10.5. The van der Waals surface area contributed by atoms with E-state index in [0.717, 1.165) is 42.2 Å². The van der Waals surface area contributed by atoms with Crippen molar-refractivity contribution in [1.29, 1.82) is 0 Å². The summed E-state index contributed by atoms with van der Waals surface area (Å²) in [5, 5.41) is 0. The summed E-state index contributed by atoms with van der Waals surface area (Å²) in [6, 6.07) is 10.3. The number of carbonyl (C=O) groups is 2. The number of aryl methyl sites for hydroxylation is 2. The molecule has 1 unspecified atom stereocenters. The Labute approximate surface area is 177 Å². The monoisotopic (exact) mass is 408 g/mol. The maximum absolute atomic E-state index is 12.7. The van der Waals surface area contributed by atoms with Crippen molar-refractivity contribution in [2.45, 2.75) is 38.5 Å². The van der Waals surface area contributed by atoms with Gasteiger partial charge in [0.05, 0.1) is 6.42 Å². The molecule has 0 radical (unpaired) electrons. The molecule has 0 aliphatic carbocycles. The van der Waals surface area contributed by atoms with Crippen LogP contribution in [-0.2, 0) is 27.2 Å². The summed E-state index contributed by atoms with van der Waals surface area (Å²) in [4.78, 5) is 37.9. The van der Waals surface area contributed by atoms with Crippen molar-refractivity contribution in [2.24, 2.45) is 0 Å². The van der Waals surface area contributed by atoms with Crippen LogP contribution in [0.4, 0.5) is 5.82 Å². The molecule has 1 aromatic heterocycles. The van der Waals surface area contributed by atoms with Gasteiger partial charge in [0.15, 0.2) is 0 Å². The van der Waals surface area contributed by atoms with E-state index in [1.807, 2.05) is 34.9 Å². The van der Waals surface area contributed by atoms with Crippen molar-refractivity contribution in [3.8, 4) is 0 Å². The number of carbonyl (C=O) groups excluding carboxylic acids is 2. The van der Waals surface area contributed by atoms with Crippen LogP contribution >= 0.6 is 0 Å². The van der Waals surface area contributed by atoms with Gasteiger partial charge in [0.2, 0.25) is 11.8 Å². The highest BCUT2D eigenvalue weighted by Crippen LogP contribution is 2.33. The minimum absolute atomic E-state index is 0.00408. The fraction of sp³-hybridized carbons (Fsp3) is 0.478. The van der Waals surface area contributed by atoms with Crippen molar-refractivity contribution in [3.63, 3.8) is 0 Å². The molecule has 1 fully saturated rings. The quantitative estimate of drug-likeness (QED) is 0.703. The van der Waals surface area contributed by atoms with Gasteiger partial charge in [0.25, 0.3) is 0 Å². The van der Waals surface area contributed by atoms with E-state index in [4.69, 9.17) is 14.7 Å². The Kier molecular flexibility index (Phi) is 6.08. The van der Waals surface area contributed by atoms with Gasteiger partial charge in [-0.3, -0.25) is 14.5 Å². The van der Waals surface area contributed by atoms with Crippen molar-refractivity contribution in [1.82, 2.24) is 14.9 Å². The zero-order chi connectivity index (χ0) is 21.1. The van der Waals surface area contributed by atoms with Crippen molar-refractivity contribution < 1.29 is 14.3 Å². The second kappa shape index (κ2) is 8.92. The number of methoxy groups -OCH3 is 1. The van der Waals surface area contributed by atoms with Gasteiger partial charge in [-0.2, -0.15) is 0 Å². The molecule has 0 spiro atoms. The molecule has 0 N–H and O–H groups in total. The lowest BCUT2D eigenvalue weighted by Crippen LogP contribution is -2.31. The summed E-state index contributed by atoms with van der Waals surface area (Å²) in [6.07, 6.45) is 3.01. The number of anilines is 1. The highest BCUT2D eigenvalue weighted by Gasteiger charge is 2.34. The molecule has 1 aromatic carbocycles. The molecule has 158 valence electrons. The first-order chi connectivity index (χ1) is 14.6. The number of hydrogen-bond acceptors (Lipinski definition) is 5. The van der Waals surface area contributed by atoms with Crippen LogP contribution in [-0.4, -0.2) is 60.0 Å². The molecule has 2 aliphatic heterocycles. The van der Waals surface area contributed by atoms with Crippen molar-refractivity contribution >= 4 is 17.6 Å². The van der Waals surface area contributed by atoms with Crippen LogP contribution < -0.4 is 4.90 Å². The predicted molar refractivity (Wildman–Crippen MR) is 113 cm³/mol. The van der Waals surface area contributed by atoms with E-state index < -0.39 is 0 Å². The molecule has 30 heavy (non-hydrogen) atoms. The van der Waals surface area contributed by atoms with E-state index in [9.17, 15) is 9.59 Å². The topological polar surface area (TPSA) is 75.6 Å². The molecule has 1 saturated heterocycles. The smallest absolute Gasteiger partial charge is 0.248 e. The van der Waals surface area contributed by atoms with Crippen LogP contribution in [0, 0.1) is 6.92 Å². The molecule has 4 rings (SSSR count). The van der Waals surface area contributed by atoms with E-state index >= 15 is 0 Å². The van der Waals surface area contributed by atoms with E-state index in [1.54, 1.807) is 0 Å². The molecular weight excluding hydrogens is 380 g/mol. The van der Waals surface area contributed by atoms with Crippen molar-refractivity contribution in [2.75, 3.05) is 38.3 Å². The number of hydrogen-bond donors (Lipinski definition) is 0. The first-order valence-corrected chi connectivity index (χ1v) is 10.5. The van der Waals surface area contributed by atoms with Crippen LogP contribution in [0.15, 0.2) is 30.3 Å². The number of amides is 2. The number of benzene rings is 1. The van der Waals surface area contributed by atoms with E-state index in [1.165, 1.54) is 12.7 Å². The first kappa shape index (κ1) is 20.5. The van der Waals surface area contributed by atoms with Gasteiger partial charge < -0.3 is 9.64 Å². The van der Waals surface area contributed by atoms with Crippen LogP contribution in [0.1, 0.15) is 41.4 Å².